The van der Waals surface area contributed by atoms with Gasteiger partial charge in [-0.15, -0.1) is 0 Å². The van der Waals surface area contributed by atoms with Gasteiger partial charge in [0, 0.05) is 16.7 Å². The van der Waals surface area contributed by atoms with Crippen LogP contribution in [0.15, 0.2) is 103 Å². The normalized spacial score (nSPS) is 10.7. The number of esters is 1. The van der Waals surface area contributed by atoms with E-state index in [4.69, 9.17) is 19.4 Å². The molecule has 0 spiro atoms. The number of benzene rings is 4. The molecule has 1 heterocycles. The smallest absolute Gasteiger partial charge is 0.338 e. The maximum absolute atomic E-state index is 12.7. The fourth-order valence-electron chi connectivity index (χ4n) is 3.87. The predicted molar refractivity (Wildman–Crippen MR) is 138 cm³/mol. The molecule has 5 aromatic rings. The molecule has 0 aliphatic heterocycles. The third-order valence-corrected chi connectivity index (χ3v) is 5.72. The van der Waals surface area contributed by atoms with E-state index in [2.05, 4.69) is 0 Å². The lowest BCUT2D eigenvalue weighted by Crippen LogP contribution is -2.14. The highest BCUT2D eigenvalue weighted by molar-refractivity contribution is 6.00. The molecule has 0 saturated carbocycles. The summed E-state index contributed by atoms with van der Waals surface area (Å²) in [5, 5.41) is 0. The molecule has 0 atom stereocenters. The van der Waals surface area contributed by atoms with Crippen LogP contribution in [0.3, 0.4) is 0 Å². The first kappa shape index (κ1) is 22.9. The van der Waals surface area contributed by atoms with E-state index in [0.29, 0.717) is 33.6 Å². The van der Waals surface area contributed by atoms with Gasteiger partial charge >= 0.3 is 5.97 Å². The van der Waals surface area contributed by atoms with Gasteiger partial charge in [-0.25, -0.2) is 14.8 Å². The van der Waals surface area contributed by atoms with Crippen molar-refractivity contribution in [2.24, 2.45) is 0 Å². The second-order valence-corrected chi connectivity index (χ2v) is 8.09. The van der Waals surface area contributed by atoms with Crippen molar-refractivity contribution in [3.8, 4) is 28.3 Å². The van der Waals surface area contributed by atoms with E-state index in [1.165, 1.54) is 7.11 Å². The molecular weight excluding hydrogens is 452 g/mol. The van der Waals surface area contributed by atoms with Gasteiger partial charge < -0.3 is 9.47 Å². The summed E-state index contributed by atoms with van der Waals surface area (Å²) in [6, 6.07) is 31.4. The molecule has 0 saturated heterocycles. The van der Waals surface area contributed by atoms with Crippen molar-refractivity contribution in [1.29, 1.82) is 0 Å². The zero-order chi connectivity index (χ0) is 24.9. The van der Waals surface area contributed by atoms with Crippen molar-refractivity contribution in [1.82, 2.24) is 9.97 Å². The van der Waals surface area contributed by atoms with Crippen LogP contribution >= 0.6 is 0 Å². The van der Waals surface area contributed by atoms with Gasteiger partial charge in [-0.3, -0.25) is 4.79 Å². The van der Waals surface area contributed by atoms with E-state index in [9.17, 15) is 9.59 Å². The Hall–Kier alpha value is -4.84. The Morgan fingerprint density at radius 1 is 0.667 bits per heavy atom. The Labute approximate surface area is 208 Å². The summed E-state index contributed by atoms with van der Waals surface area (Å²) in [5.41, 5.74) is 5.25. The molecule has 0 aliphatic rings. The summed E-state index contributed by atoms with van der Waals surface area (Å²) in [7, 11) is 1.53. The van der Waals surface area contributed by atoms with Gasteiger partial charge in [0.2, 0.25) is 0 Å². The average Bonchev–Trinajstić information content (AvgIpc) is 2.95. The van der Waals surface area contributed by atoms with E-state index in [0.717, 1.165) is 16.8 Å². The molecule has 0 N–H and O–H groups in total. The third-order valence-electron chi connectivity index (χ3n) is 5.72. The minimum absolute atomic E-state index is 0.293. The molecule has 0 unspecified atom stereocenters. The fourth-order valence-corrected chi connectivity index (χ4v) is 3.87. The van der Waals surface area contributed by atoms with Gasteiger partial charge in [0.1, 0.15) is 5.75 Å². The molecule has 0 radical (unpaired) electrons. The zero-order valence-electron chi connectivity index (χ0n) is 19.5. The van der Waals surface area contributed by atoms with Crippen LogP contribution in [0, 0.1) is 0 Å². The predicted octanol–water partition coefficient (Wildman–Crippen LogP) is 6.01. The number of hydrogen-bond donors (Lipinski definition) is 0. The topological polar surface area (TPSA) is 78.4 Å². The van der Waals surface area contributed by atoms with Gasteiger partial charge in [-0.05, 0) is 30.3 Å². The lowest BCUT2D eigenvalue weighted by molar-refractivity contribution is 0.0475. The first-order valence-electron chi connectivity index (χ1n) is 11.4. The molecule has 5 rings (SSSR count). The Kier molecular flexibility index (Phi) is 6.49. The van der Waals surface area contributed by atoms with Crippen LogP contribution in [-0.2, 0) is 4.74 Å². The standard InChI is InChI=1S/C30H22N2O4/c1-35-24-14-8-13-22(17-24)27(33)19-36-30(34)23-15-16-25-26(18-23)32-29(21-11-6-3-7-12-21)28(31-25)20-9-4-2-5-10-20/h2-18H,19H2,1H3. The fraction of sp³-hybridized carbons (Fsp3) is 0.0667. The zero-order valence-corrected chi connectivity index (χ0v) is 19.5. The number of ether oxygens (including phenoxy) is 2. The summed E-state index contributed by atoms with van der Waals surface area (Å²) in [6.07, 6.45) is 0. The van der Waals surface area contributed by atoms with Crippen molar-refractivity contribution >= 4 is 22.8 Å². The van der Waals surface area contributed by atoms with E-state index in [-0.39, 0.29) is 12.4 Å². The average molecular weight is 475 g/mol. The number of aromatic nitrogens is 2. The van der Waals surface area contributed by atoms with Crippen LogP contribution in [0.4, 0.5) is 0 Å². The Balaban J connectivity index is 1.44. The molecule has 0 aliphatic carbocycles. The van der Waals surface area contributed by atoms with Gasteiger partial charge in [0.15, 0.2) is 12.4 Å². The third kappa shape index (κ3) is 4.83. The van der Waals surface area contributed by atoms with Crippen LogP contribution in [0.25, 0.3) is 33.5 Å². The lowest BCUT2D eigenvalue weighted by Gasteiger charge is -2.11. The first-order chi connectivity index (χ1) is 17.6. The number of Topliss-reactive ketones (excluding diaryl/α,β-unsaturated/α-hetero) is 1. The van der Waals surface area contributed by atoms with Crippen LogP contribution < -0.4 is 4.74 Å². The van der Waals surface area contributed by atoms with Gasteiger partial charge in [0.25, 0.3) is 0 Å². The second kappa shape index (κ2) is 10.2. The molecule has 0 fully saturated rings. The van der Waals surface area contributed by atoms with Gasteiger partial charge in [0.05, 0.1) is 35.1 Å². The summed E-state index contributed by atoms with van der Waals surface area (Å²) >= 11 is 0. The highest BCUT2D eigenvalue weighted by atomic mass is 16.5. The summed E-state index contributed by atoms with van der Waals surface area (Å²) < 4.78 is 10.4. The van der Waals surface area contributed by atoms with E-state index in [1.54, 1.807) is 42.5 Å². The highest BCUT2D eigenvalue weighted by Gasteiger charge is 2.16. The molecule has 36 heavy (non-hydrogen) atoms. The van der Waals surface area contributed by atoms with Crippen LogP contribution in [0.2, 0.25) is 0 Å². The van der Waals surface area contributed by atoms with Crippen LogP contribution in [-0.4, -0.2) is 35.4 Å². The number of nitrogens with zero attached hydrogens (tertiary/aromatic N) is 2. The molecule has 1 aromatic heterocycles. The van der Waals surface area contributed by atoms with Crippen LogP contribution in [0.5, 0.6) is 5.75 Å². The maximum Gasteiger partial charge on any atom is 0.338 e. The van der Waals surface area contributed by atoms with Crippen molar-refractivity contribution < 1.29 is 19.1 Å². The quantitative estimate of drug-likeness (QED) is 0.212. The molecule has 4 aromatic carbocycles. The number of carbonyl (C=O) groups is 2. The van der Waals surface area contributed by atoms with Crippen molar-refractivity contribution in [2.45, 2.75) is 0 Å². The Morgan fingerprint density at radius 3 is 1.94 bits per heavy atom. The number of rotatable bonds is 7. The summed E-state index contributed by atoms with van der Waals surface area (Å²) in [6.45, 7) is -0.377. The largest absolute Gasteiger partial charge is 0.497 e. The minimum Gasteiger partial charge on any atom is -0.497 e. The number of ketones is 1. The Bertz CT molecular complexity index is 1550. The monoisotopic (exact) mass is 474 g/mol. The Morgan fingerprint density at radius 2 is 1.31 bits per heavy atom. The van der Waals surface area contributed by atoms with E-state index < -0.39 is 5.97 Å². The van der Waals surface area contributed by atoms with Gasteiger partial charge in [-0.2, -0.15) is 0 Å². The molecular formula is C30H22N2O4. The number of carbonyl (C=O) groups excluding carboxylic acids is 2. The SMILES string of the molecule is COc1cccc(C(=O)COC(=O)c2ccc3nc(-c4ccccc4)c(-c4ccccc4)nc3c2)c1. The first-order valence-corrected chi connectivity index (χ1v) is 11.4. The number of fused-ring (bicyclic) bond motifs is 1. The van der Waals surface area contributed by atoms with Crippen molar-refractivity contribution in [3.05, 3.63) is 114 Å². The van der Waals surface area contributed by atoms with E-state index >= 15 is 0 Å². The molecule has 6 heteroatoms. The number of hydrogen-bond acceptors (Lipinski definition) is 6. The second-order valence-electron chi connectivity index (χ2n) is 8.09. The van der Waals surface area contributed by atoms with Crippen LogP contribution in [0.1, 0.15) is 20.7 Å². The maximum atomic E-state index is 12.7. The minimum atomic E-state index is -0.608. The summed E-state index contributed by atoms with van der Waals surface area (Å²) in [5.74, 6) is -0.366. The number of methoxy groups -OCH3 is 1. The van der Waals surface area contributed by atoms with Gasteiger partial charge in [-0.1, -0.05) is 72.8 Å². The van der Waals surface area contributed by atoms with Crippen molar-refractivity contribution in [3.63, 3.8) is 0 Å². The lowest BCUT2D eigenvalue weighted by atomic mass is 10.0. The highest BCUT2D eigenvalue weighted by Crippen LogP contribution is 2.31. The molecule has 176 valence electrons. The summed E-state index contributed by atoms with van der Waals surface area (Å²) in [4.78, 5) is 35.0. The molecule has 0 amide bonds. The molecule has 6 nitrogen and oxygen atoms in total. The van der Waals surface area contributed by atoms with Crippen molar-refractivity contribution in [2.75, 3.05) is 13.7 Å². The van der Waals surface area contributed by atoms with E-state index in [1.807, 2.05) is 60.7 Å². The molecule has 0 bridgehead atoms.